The highest BCUT2D eigenvalue weighted by molar-refractivity contribution is 6.05. The van der Waals surface area contributed by atoms with Crippen LogP contribution in [0.5, 0.6) is 0 Å². The van der Waals surface area contributed by atoms with Gasteiger partial charge in [-0.25, -0.2) is 0 Å². The van der Waals surface area contributed by atoms with E-state index in [0.717, 1.165) is 0 Å². The van der Waals surface area contributed by atoms with Crippen LogP contribution >= 0.6 is 0 Å². The summed E-state index contributed by atoms with van der Waals surface area (Å²) in [5.74, 6) is -0.778. The van der Waals surface area contributed by atoms with Gasteiger partial charge in [-0.2, -0.15) is 0 Å². The van der Waals surface area contributed by atoms with Gasteiger partial charge >= 0.3 is 5.97 Å². The monoisotopic (exact) mass is 214 g/mol. The standard InChI is InChI=1S/C11H18O4/c1-10(2,3)15-9(14)11(7-12)6-4-5-8(11)13/h12H,4-7H2,1-3H3/t11-/m1/s1. The van der Waals surface area contributed by atoms with Crippen LogP contribution in [0.25, 0.3) is 0 Å². The minimum Gasteiger partial charge on any atom is -0.459 e. The van der Waals surface area contributed by atoms with Crippen LogP contribution in [0.3, 0.4) is 0 Å². The molecule has 1 aliphatic carbocycles. The second kappa shape index (κ2) is 3.93. The molecule has 0 aromatic carbocycles. The van der Waals surface area contributed by atoms with Crippen LogP contribution in [0.1, 0.15) is 40.0 Å². The van der Waals surface area contributed by atoms with Gasteiger partial charge in [0.1, 0.15) is 11.0 Å². The van der Waals surface area contributed by atoms with Gasteiger partial charge < -0.3 is 9.84 Å². The van der Waals surface area contributed by atoms with Crippen LogP contribution in [-0.4, -0.2) is 29.1 Å². The lowest BCUT2D eigenvalue weighted by molar-refractivity contribution is -0.171. The lowest BCUT2D eigenvalue weighted by atomic mass is 9.86. The van der Waals surface area contributed by atoms with Crippen molar-refractivity contribution in [1.29, 1.82) is 0 Å². The first kappa shape index (κ1) is 12.2. The third kappa shape index (κ3) is 2.37. The molecule has 1 N–H and O–H groups in total. The van der Waals surface area contributed by atoms with Crippen molar-refractivity contribution in [3.05, 3.63) is 0 Å². The molecule has 0 bridgehead atoms. The van der Waals surface area contributed by atoms with E-state index in [-0.39, 0.29) is 5.78 Å². The van der Waals surface area contributed by atoms with E-state index >= 15 is 0 Å². The second-order valence-corrected chi connectivity index (χ2v) is 5.02. The number of aliphatic hydroxyl groups excluding tert-OH is 1. The molecular formula is C11H18O4. The van der Waals surface area contributed by atoms with E-state index in [1.165, 1.54) is 0 Å². The first-order valence-corrected chi connectivity index (χ1v) is 5.19. The van der Waals surface area contributed by atoms with Crippen molar-refractivity contribution in [2.45, 2.75) is 45.6 Å². The van der Waals surface area contributed by atoms with E-state index in [4.69, 9.17) is 4.74 Å². The van der Waals surface area contributed by atoms with Crippen LogP contribution in [0.4, 0.5) is 0 Å². The molecule has 0 saturated heterocycles. The zero-order valence-electron chi connectivity index (χ0n) is 9.50. The van der Waals surface area contributed by atoms with Gasteiger partial charge in [-0.1, -0.05) is 0 Å². The van der Waals surface area contributed by atoms with Gasteiger partial charge in [0.15, 0.2) is 5.78 Å². The predicted molar refractivity (Wildman–Crippen MR) is 54.2 cm³/mol. The fourth-order valence-electron chi connectivity index (χ4n) is 1.75. The molecule has 86 valence electrons. The molecule has 0 unspecified atom stereocenters. The Kier molecular flexibility index (Phi) is 3.19. The number of Topliss-reactive ketones (excluding diaryl/α,β-unsaturated/α-hetero) is 1. The Bertz CT molecular complexity index is 277. The van der Waals surface area contributed by atoms with Crippen molar-refractivity contribution in [2.24, 2.45) is 5.41 Å². The quantitative estimate of drug-likeness (QED) is 0.551. The van der Waals surface area contributed by atoms with E-state index in [9.17, 15) is 14.7 Å². The van der Waals surface area contributed by atoms with Crippen LogP contribution in [0.15, 0.2) is 0 Å². The number of hydrogen-bond acceptors (Lipinski definition) is 4. The van der Waals surface area contributed by atoms with E-state index in [2.05, 4.69) is 0 Å². The molecule has 0 spiro atoms. The molecule has 0 amide bonds. The number of aliphatic hydroxyl groups is 1. The number of carbonyl (C=O) groups is 2. The van der Waals surface area contributed by atoms with Gasteiger partial charge in [0.05, 0.1) is 6.61 Å². The van der Waals surface area contributed by atoms with Gasteiger partial charge in [-0.3, -0.25) is 9.59 Å². The molecule has 4 heteroatoms. The van der Waals surface area contributed by atoms with Gasteiger partial charge in [-0.05, 0) is 33.6 Å². The lowest BCUT2D eigenvalue weighted by Crippen LogP contribution is -2.43. The van der Waals surface area contributed by atoms with Crippen LogP contribution in [-0.2, 0) is 14.3 Å². The Morgan fingerprint density at radius 2 is 2.13 bits per heavy atom. The minimum atomic E-state index is -1.28. The Hall–Kier alpha value is -0.900. The number of ketones is 1. The lowest BCUT2D eigenvalue weighted by Gasteiger charge is -2.28. The molecule has 1 atom stereocenters. The summed E-state index contributed by atoms with van der Waals surface area (Å²) in [5.41, 5.74) is -1.91. The highest BCUT2D eigenvalue weighted by atomic mass is 16.6. The SMILES string of the molecule is CC(C)(C)OC(=O)[C@@]1(CO)CCCC1=O. The van der Waals surface area contributed by atoms with Crippen molar-refractivity contribution in [1.82, 2.24) is 0 Å². The smallest absolute Gasteiger partial charge is 0.322 e. The topological polar surface area (TPSA) is 63.6 Å². The van der Waals surface area contributed by atoms with Gasteiger partial charge in [0, 0.05) is 6.42 Å². The molecule has 1 fully saturated rings. The molecule has 0 aromatic heterocycles. The van der Waals surface area contributed by atoms with E-state index in [1.54, 1.807) is 20.8 Å². The minimum absolute atomic E-state index is 0.195. The van der Waals surface area contributed by atoms with Crippen LogP contribution in [0, 0.1) is 5.41 Å². The van der Waals surface area contributed by atoms with Crippen molar-refractivity contribution in [2.75, 3.05) is 6.61 Å². The molecule has 0 aromatic rings. The summed E-state index contributed by atoms with van der Waals surface area (Å²) < 4.78 is 5.17. The molecule has 1 rings (SSSR count). The molecule has 0 aliphatic heterocycles. The summed E-state index contributed by atoms with van der Waals surface area (Å²) in [6.45, 7) is 4.79. The number of rotatable bonds is 2. The average molecular weight is 214 g/mol. The Morgan fingerprint density at radius 1 is 1.53 bits per heavy atom. The zero-order valence-corrected chi connectivity index (χ0v) is 9.50. The van der Waals surface area contributed by atoms with E-state index in [0.29, 0.717) is 19.3 Å². The van der Waals surface area contributed by atoms with Gasteiger partial charge in [0.25, 0.3) is 0 Å². The van der Waals surface area contributed by atoms with E-state index in [1.807, 2.05) is 0 Å². The summed E-state index contributed by atoms with van der Waals surface area (Å²) in [6.07, 6.45) is 1.41. The van der Waals surface area contributed by atoms with Crippen molar-refractivity contribution in [3.8, 4) is 0 Å². The fraction of sp³-hybridized carbons (Fsp3) is 0.818. The first-order chi connectivity index (χ1) is 6.82. The maximum Gasteiger partial charge on any atom is 0.322 e. The Morgan fingerprint density at radius 3 is 2.47 bits per heavy atom. The third-order valence-electron chi connectivity index (χ3n) is 2.60. The zero-order chi connectivity index (χ0) is 11.7. The predicted octanol–water partition coefficient (Wildman–Crippen LogP) is 1.06. The summed E-state index contributed by atoms with van der Waals surface area (Å²) in [4.78, 5) is 23.4. The largest absolute Gasteiger partial charge is 0.459 e. The Balaban J connectivity index is 2.83. The van der Waals surface area contributed by atoms with Crippen molar-refractivity contribution < 1.29 is 19.4 Å². The van der Waals surface area contributed by atoms with Crippen molar-refractivity contribution in [3.63, 3.8) is 0 Å². The van der Waals surface area contributed by atoms with Gasteiger partial charge in [-0.15, -0.1) is 0 Å². The first-order valence-electron chi connectivity index (χ1n) is 5.19. The molecular weight excluding hydrogens is 196 g/mol. The molecule has 0 heterocycles. The highest BCUT2D eigenvalue weighted by Crippen LogP contribution is 2.36. The summed E-state index contributed by atoms with van der Waals surface area (Å²) >= 11 is 0. The highest BCUT2D eigenvalue weighted by Gasteiger charge is 2.50. The average Bonchev–Trinajstić information content (AvgIpc) is 2.44. The summed E-state index contributed by atoms with van der Waals surface area (Å²) in [6, 6.07) is 0. The molecule has 15 heavy (non-hydrogen) atoms. The molecule has 4 nitrogen and oxygen atoms in total. The number of ether oxygens (including phenoxy) is 1. The third-order valence-corrected chi connectivity index (χ3v) is 2.60. The number of esters is 1. The normalized spacial score (nSPS) is 26.8. The second-order valence-electron chi connectivity index (χ2n) is 5.02. The maximum absolute atomic E-state index is 11.8. The number of hydrogen-bond donors (Lipinski definition) is 1. The summed E-state index contributed by atoms with van der Waals surface area (Å²) in [5, 5.41) is 9.23. The molecule has 1 aliphatic rings. The van der Waals surface area contributed by atoms with Crippen molar-refractivity contribution >= 4 is 11.8 Å². The van der Waals surface area contributed by atoms with E-state index < -0.39 is 23.6 Å². The van der Waals surface area contributed by atoms with Crippen LogP contribution < -0.4 is 0 Å². The number of carbonyl (C=O) groups excluding carboxylic acids is 2. The Labute approximate surface area is 89.6 Å². The molecule has 1 saturated carbocycles. The summed E-state index contributed by atoms with van der Waals surface area (Å²) in [7, 11) is 0. The molecule has 0 radical (unpaired) electrons. The van der Waals surface area contributed by atoms with Crippen LogP contribution in [0.2, 0.25) is 0 Å². The van der Waals surface area contributed by atoms with Gasteiger partial charge in [0.2, 0.25) is 0 Å². The fourth-order valence-corrected chi connectivity index (χ4v) is 1.75. The maximum atomic E-state index is 11.8.